The first kappa shape index (κ1) is 12.0. The van der Waals surface area contributed by atoms with E-state index in [4.69, 9.17) is 16.7 Å². The van der Waals surface area contributed by atoms with Crippen LogP contribution in [0.1, 0.15) is 22.3 Å². The lowest BCUT2D eigenvalue weighted by atomic mass is 10.1. The SMILES string of the molecule is O=C(O)c1cc(Cl)ccc1C#CCCS. The molecule has 0 fully saturated rings. The molecule has 0 atom stereocenters. The Hall–Kier alpha value is -1.11. The van der Waals surface area contributed by atoms with Gasteiger partial charge in [-0.15, -0.1) is 0 Å². The van der Waals surface area contributed by atoms with Gasteiger partial charge in [-0.2, -0.15) is 12.6 Å². The van der Waals surface area contributed by atoms with E-state index < -0.39 is 5.97 Å². The molecule has 1 aromatic carbocycles. The molecule has 2 nitrogen and oxygen atoms in total. The molecule has 0 aliphatic carbocycles. The van der Waals surface area contributed by atoms with Gasteiger partial charge in [-0.25, -0.2) is 4.79 Å². The molecule has 78 valence electrons. The van der Waals surface area contributed by atoms with Crippen molar-refractivity contribution in [3.8, 4) is 11.8 Å². The van der Waals surface area contributed by atoms with Crippen molar-refractivity contribution in [3.63, 3.8) is 0 Å². The number of carboxylic acids is 1. The van der Waals surface area contributed by atoms with E-state index in [1.807, 2.05) is 0 Å². The van der Waals surface area contributed by atoms with E-state index in [0.717, 1.165) is 0 Å². The highest BCUT2D eigenvalue weighted by Crippen LogP contribution is 2.15. The Morgan fingerprint density at radius 3 is 2.87 bits per heavy atom. The number of halogens is 1. The van der Waals surface area contributed by atoms with Gasteiger partial charge in [0.1, 0.15) is 0 Å². The minimum atomic E-state index is -1.02. The fourth-order valence-corrected chi connectivity index (χ4v) is 1.30. The maximum absolute atomic E-state index is 10.9. The maximum Gasteiger partial charge on any atom is 0.337 e. The highest BCUT2D eigenvalue weighted by atomic mass is 35.5. The third-order valence-electron chi connectivity index (χ3n) is 1.67. The van der Waals surface area contributed by atoms with Gasteiger partial charge in [0.25, 0.3) is 0 Å². The Labute approximate surface area is 98.7 Å². The van der Waals surface area contributed by atoms with Crippen LogP contribution in [0.3, 0.4) is 0 Å². The fraction of sp³-hybridized carbons (Fsp3) is 0.182. The monoisotopic (exact) mass is 240 g/mol. The van der Waals surface area contributed by atoms with Crippen LogP contribution in [0.4, 0.5) is 0 Å². The molecule has 0 heterocycles. The van der Waals surface area contributed by atoms with Gasteiger partial charge < -0.3 is 5.11 Å². The highest BCUT2D eigenvalue weighted by molar-refractivity contribution is 7.80. The van der Waals surface area contributed by atoms with Gasteiger partial charge in [0.15, 0.2) is 0 Å². The van der Waals surface area contributed by atoms with Gasteiger partial charge in [0.2, 0.25) is 0 Å². The molecule has 1 N–H and O–H groups in total. The topological polar surface area (TPSA) is 37.3 Å². The summed E-state index contributed by atoms with van der Waals surface area (Å²) >= 11 is 9.71. The number of hydrogen-bond acceptors (Lipinski definition) is 2. The van der Waals surface area contributed by atoms with Crippen molar-refractivity contribution in [1.82, 2.24) is 0 Å². The van der Waals surface area contributed by atoms with Crippen molar-refractivity contribution in [2.75, 3.05) is 5.75 Å². The van der Waals surface area contributed by atoms with Gasteiger partial charge in [0.05, 0.1) is 5.56 Å². The summed E-state index contributed by atoms with van der Waals surface area (Å²) in [6.07, 6.45) is 0.630. The number of thiol groups is 1. The van der Waals surface area contributed by atoms with Gasteiger partial charge in [0, 0.05) is 22.8 Å². The van der Waals surface area contributed by atoms with Crippen LogP contribution in [0.5, 0.6) is 0 Å². The Morgan fingerprint density at radius 2 is 2.27 bits per heavy atom. The van der Waals surface area contributed by atoms with Crippen LogP contribution in [0.2, 0.25) is 5.02 Å². The summed E-state index contributed by atoms with van der Waals surface area (Å²) in [6.45, 7) is 0. The number of rotatable bonds is 2. The second-order valence-electron chi connectivity index (χ2n) is 2.77. The summed E-state index contributed by atoms with van der Waals surface area (Å²) in [7, 11) is 0. The minimum Gasteiger partial charge on any atom is -0.478 e. The molecule has 0 spiro atoms. The van der Waals surface area contributed by atoms with Crippen molar-refractivity contribution in [2.45, 2.75) is 6.42 Å². The molecule has 0 aliphatic rings. The summed E-state index contributed by atoms with van der Waals surface area (Å²) in [5.41, 5.74) is 0.614. The van der Waals surface area contributed by atoms with Crippen molar-refractivity contribution in [3.05, 3.63) is 34.3 Å². The molecule has 0 saturated carbocycles. The summed E-state index contributed by atoms with van der Waals surface area (Å²) in [5.74, 6) is 5.25. The average Bonchev–Trinajstić information content (AvgIpc) is 2.20. The predicted molar refractivity (Wildman–Crippen MR) is 63.8 cm³/mol. The van der Waals surface area contributed by atoms with Crippen LogP contribution in [0.15, 0.2) is 18.2 Å². The van der Waals surface area contributed by atoms with Crippen LogP contribution in [-0.2, 0) is 0 Å². The molecule has 1 aromatic rings. The van der Waals surface area contributed by atoms with E-state index in [1.54, 1.807) is 12.1 Å². The first-order valence-electron chi connectivity index (χ1n) is 4.27. The third kappa shape index (κ3) is 3.50. The molecule has 0 amide bonds. The standard InChI is InChI=1S/C11H9ClO2S/c12-9-5-4-8(3-1-2-6-15)10(7-9)11(13)14/h4-5,7,15H,2,6H2,(H,13,14). The molecule has 15 heavy (non-hydrogen) atoms. The van der Waals surface area contributed by atoms with Crippen molar-refractivity contribution >= 4 is 30.2 Å². The second kappa shape index (κ2) is 5.69. The lowest BCUT2D eigenvalue weighted by molar-refractivity contribution is 0.0696. The maximum atomic E-state index is 10.9. The predicted octanol–water partition coefficient (Wildman–Crippen LogP) is 2.71. The molecule has 0 radical (unpaired) electrons. The molecular formula is C11H9ClO2S. The molecule has 0 aliphatic heterocycles. The van der Waals surface area contributed by atoms with Crippen LogP contribution in [0, 0.1) is 11.8 Å². The van der Waals surface area contributed by atoms with Gasteiger partial charge >= 0.3 is 5.97 Å². The van der Waals surface area contributed by atoms with Crippen LogP contribution >= 0.6 is 24.2 Å². The Morgan fingerprint density at radius 1 is 1.53 bits per heavy atom. The number of hydrogen-bond donors (Lipinski definition) is 2. The summed E-state index contributed by atoms with van der Waals surface area (Å²) in [5, 5.41) is 9.30. The summed E-state index contributed by atoms with van der Waals surface area (Å²) in [4.78, 5) is 10.9. The van der Waals surface area contributed by atoms with E-state index in [0.29, 0.717) is 22.8 Å². The van der Waals surface area contributed by atoms with Gasteiger partial charge in [-0.05, 0) is 18.2 Å². The van der Waals surface area contributed by atoms with E-state index >= 15 is 0 Å². The zero-order chi connectivity index (χ0) is 11.3. The first-order chi connectivity index (χ1) is 7.15. The lowest BCUT2D eigenvalue weighted by Crippen LogP contribution is -1.99. The molecule has 1 rings (SSSR count). The smallest absolute Gasteiger partial charge is 0.337 e. The van der Waals surface area contributed by atoms with Crippen molar-refractivity contribution in [1.29, 1.82) is 0 Å². The summed E-state index contributed by atoms with van der Waals surface area (Å²) < 4.78 is 0. The second-order valence-corrected chi connectivity index (χ2v) is 3.65. The normalized spacial score (nSPS) is 9.20. The number of carboxylic acid groups (broad SMARTS) is 1. The Kier molecular flexibility index (Phi) is 4.54. The minimum absolute atomic E-state index is 0.133. The number of aromatic carboxylic acids is 1. The molecule has 0 unspecified atom stereocenters. The highest BCUT2D eigenvalue weighted by Gasteiger charge is 2.08. The lowest BCUT2D eigenvalue weighted by Gasteiger charge is -1.99. The molecule has 0 aromatic heterocycles. The quantitative estimate of drug-likeness (QED) is 0.616. The van der Waals surface area contributed by atoms with E-state index in [2.05, 4.69) is 24.5 Å². The summed E-state index contributed by atoms with van der Waals surface area (Å²) in [6, 6.07) is 4.63. The zero-order valence-electron chi connectivity index (χ0n) is 7.83. The zero-order valence-corrected chi connectivity index (χ0v) is 9.48. The fourth-order valence-electron chi connectivity index (χ4n) is 1.02. The Balaban J connectivity index is 3.08. The van der Waals surface area contributed by atoms with Crippen LogP contribution < -0.4 is 0 Å². The number of benzene rings is 1. The molecule has 0 bridgehead atoms. The van der Waals surface area contributed by atoms with Crippen molar-refractivity contribution < 1.29 is 9.90 Å². The van der Waals surface area contributed by atoms with Crippen molar-refractivity contribution in [2.24, 2.45) is 0 Å². The van der Waals surface area contributed by atoms with E-state index in [9.17, 15) is 4.79 Å². The first-order valence-corrected chi connectivity index (χ1v) is 5.28. The Bertz CT molecular complexity index is 432. The average molecular weight is 241 g/mol. The molecule has 0 saturated heterocycles. The molecule has 4 heteroatoms. The van der Waals surface area contributed by atoms with E-state index in [-0.39, 0.29) is 5.56 Å². The number of carbonyl (C=O) groups is 1. The van der Waals surface area contributed by atoms with Gasteiger partial charge in [-0.3, -0.25) is 0 Å². The van der Waals surface area contributed by atoms with Gasteiger partial charge in [-0.1, -0.05) is 23.4 Å². The third-order valence-corrected chi connectivity index (χ3v) is 2.13. The van der Waals surface area contributed by atoms with E-state index in [1.165, 1.54) is 6.07 Å². The van der Waals surface area contributed by atoms with Crippen LogP contribution in [-0.4, -0.2) is 16.8 Å². The molecular weight excluding hydrogens is 232 g/mol. The largest absolute Gasteiger partial charge is 0.478 e. The van der Waals surface area contributed by atoms with Crippen LogP contribution in [0.25, 0.3) is 0 Å².